The molecule has 2 aromatic carbocycles. The number of nitrogen functional groups attached to an aromatic ring is 1. The third kappa shape index (κ3) is 3.43. The minimum atomic E-state index is -0.680. The van der Waals surface area contributed by atoms with Crippen LogP contribution in [0, 0.1) is 5.82 Å². The average molecular weight is 521 g/mol. The molecular formula is C24H18BrFN6O2. The highest BCUT2D eigenvalue weighted by atomic mass is 79.9. The summed E-state index contributed by atoms with van der Waals surface area (Å²) in [5.74, 6) is -1.10. The van der Waals surface area contributed by atoms with Gasteiger partial charge in [0.15, 0.2) is 11.5 Å². The fourth-order valence-corrected chi connectivity index (χ4v) is 4.91. The van der Waals surface area contributed by atoms with E-state index in [1.165, 1.54) is 27.4 Å². The zero-order valence-corrected chi connectivity index (χ0v) is 19.5. The van der Waals surface area contributed by atoms with Crippen LogP contribution in [-0.2, 0) is 0 Å². The summed E-state index contributed by atoms with van der Waals surface area (Å²) < 4.78 is 18.0. The number of hydrogen-bond acceptors (Lipinski definition) is 5. The maximum atomic E-state index is 14.7. The SMILES string of the molecule is CC(NC(=O)c1c(N)nn2cccnc12)c1c(Br)c2cccc(F)c2c(=O)n1-c1ccccc1. The van der Waals surface area contributed by atoms with Crippen LogP contribution in [0.3, 0.4) is 0 Å². The van der Waals surface area contributed by atoms with Crippen LogP contribution in [0.4, 0.5) is 10.2 Å². The van der Waals surface area contributed by atoms with Crippen molar-refractivity contribution in [2.75, 3.05) is 5.73 Å². The molecule has 170 valence electrons. The molecule has 3 heterocycles. The van der Waals surface area contributed by atoms with Crippen LogP contribution in [0.5, 0.6) is 0 Å². The van der Waals surface area contributed by atoms with Crippen LogP contribution in [0.15, 0.2) is 76.3 Å². The van der Waals surface area contributed by atoms with E-state index in [0.29, 0.717) is 26.9 Å². The van der Waals surface area contributed by atoms with E-state index in [2.05, 4.69) is 31.3 Å². The highest BCUT2D eigenvalue weighted by Crippen LogP contribution is 2.32. The van der Waals surface area contributed by atoms with Gasteiger partial charge in [-0.1, -0.05) is 30.3 Å². The number of fused-ring (bicyclic) bond motifs is 2. The fourth-order valence-electron chi connectivity index (χ4n) is 4.06. The Morgan fingerprint density at radius 2 is 1.91 bits per heavy atom. The molecule has 1 amide bonds. The first kappa shape index (κ1) is 21.8. The second kappa shape index (κ2) is 8.38. The van der Waals surface area contributed by atoms with Gasteiger partial charge in [0, 0.05) is 27.9 Å². The predicted octanol–water partition coefficient (Wildman–Crippen LogP) is 4.01. The molecule has 0 aliphatic rings. The number of nitrogens with zero attached hydrogens (tertiary/aromatic N) is 4. The third-order valence-corrected chi connectivity index (χ3v) is 6.39. The van der Waals surface area contributed by atoms with Crippen molar-refractivity contribution < 1.29 is 9.18 Å². The Morgan fingerprint density at radius 1 is 1.15 bits per heavy atom. The van der Waals surface area contributed by atoms with E-state index in [4.69, 9.17) is 5.73 Å². The Labute approximate surface area is 201 Å². The van der Waals surface area contributed by atoms with E-state index in [-0.39, 0.29) is 16.8 Å². The van der Waals surface area contributed by atoms with Gasteiger partial charge in [0.1, 0.15) is 11.4 Å². The molecule has 0 aliphatic heterocycles. The van der Waals surface area contributed by atoms with Crippen LogP contribution < -0.4 is 16.6 Å². The van der Waals surface area contributed by atoms with E-state index < -0.39 is 23.3 Å². The molecule has 10 heteroatoms. The largest absolute Gasteiger partial charge is 0.381 e. The van der Waals surface area contributed by atoms with Gasteiger partial charge in [0.2, 0.25) is 0 Å². The summed E-state index contributed by atoms with van der Waals surface area (Å²) in [7, 11) is 0. The lowest BCUT2D eigenvalue weighted by molar-refractivity contribution is 0.0941. The van der Waals surface area contributed by atoms with E-state index in [1.807, 2.05) is 6.07 Å². The second-order valence-corrected chi connectivity index (χ2v) is 8.47. The van der Waals surface area contributed by atoms with Gasteiger partial charge in [-0.15, -0.1) is 5.10 Å². The zero-order valence-electron chi connectivity index (χ0n) is 17.9. The molecule has 5 rings (SSSR count). The van der Waals surface area contributed by atoms with Crippen molar-refractivity contribution in [3.8, 4) is 5.69 Å². The van der Waals surface area contributed by atoms with Crippen LogP contribution in [0.1, 0.15) is 29.0 Å². The Hall–Kier alpha value is -4.05. The normalized spacial score (nSPS) is 12.2. The minimum absolute atomic E-state index is 0.0310. The number of halogens is 2. The molecule has 1 atom stereocenters. The number of pyridine rings is 1. The van der Waals surface area contributed by atoms with Crippen molar-refractivity contribution in [3.05, 3.63) is 98.9 Å². The smallest absolute Gasteiger partial charge is 0.266 e. The van der Waals surface area contributed by atoms with Gasteiger partial charge in [-0.2, -0.15) is 0 Å². The number of nitrogens with two attached hydrogens (primary N) is 1. The monoisotopic (exact) mass is 520 g/mol. The molecule has 34 heavy (non-hydrogen) atoms. The summed E-state index contributed by atoms with van der Waals surface area (Å²) in [6, 6.07) is 14.3. The number of anilines is 1. The number of carbonyl (C=O) groups excluding carboxylic acids is 1. The standard InChI is InChI=1S/C24H18BrFN6O2/c1-13(29-23(33)18-21(27)30-31-12-6-11-28-22(18)31)20-19(25)15-9-5-10-16(26)17(15)24(34)32(20)14-7-3-2-4-8-14/h2-13H,1H3,(H2,27,30)(H,29,33). The van der Waals surface area contributed by atoms with E-state index >= 15 is 0 Å². The third-order valence-electron chi connectivity index (χ3n) is 5.55. The predicted molar refractivity (Wildman–Crippen MR) is 130 cm³/mol. The van der Waals surface area contributed by atoms with Gasteiger partial charge < -0.3 is 11.1 Å². The maximum Gasteiger partial charge on any atom is 0.266 e. The van der Waals surface area contributed by atoms with Crippen molar-refractivity contribution in [2.45, 2.75) is 13.0 Å². The first-order valence-corrected chi connectivity index (χ1v) is 11.2. The number of rotatable bonds is 4. The van der Waals surface area contributed by atoms with Gasteiger partial charge in [-0.25, -0.2) is 13.9 Å². The van der Waals surface area contributed by atoms with Gasteiger partial charge in [0.05, 0.1) is 17.1 Å². The van der Waals surface area contributed by atoms with E-state index in [1.54, 1.807) is 49.5 Å². The number of nitrogens with one attached hydrogen (secondary N) is 1. The summed E-state index contributed by atoms with van der Waals surface area (Å²) in [4.78, 5) is 31.0. The number of aromatic nitrogens is 4. The Balaban J connectivity index is 1.68. The fraction of sp³-hybridized carbons (Fsp3) is 0.0833. The van der Waals surface area contributed by atoms with Crippen molar-refractivity contribution in [2.24, 2.45) is 0 Å². The first-order chi connectivity index (χ1) is 16.4. The van der Waals surface area contributed by atoms with E-state index in [9.17, 15) is 14.0 Å². The highest BCUT2D eigenvalue weighted by Gasteiger charge is 2.26. The van der Waals surface area contributed by atoms with Gasteiger partial charge in [0.25, 0.3) is 11.5 Å². The highest BCUT2D eigenvalue weighted by molar-refractivity contribution is 9.10. The molecule has 0 bridgehead atoms. The molecule has 5 aromatic rings. The van der Waals surface area contributed by atoms with Crippen LogP contribution in [-0.4, -0.2) is 25.1 Å². The molecule has 8 nitrogen and oxygen atoms in total. The average Bonchev–Trinajstić information content (AvgIpc) is 3.17. The van der Waals surface area contributed by atoms with E-state index in [0.717, 1.165) is 0 Å². The van der Waals surface area contributed by atoms with Crippen LogP contribution in [0.25, 0.3) is 22.1 Å². The number of para-hydroxylation sites is 1. The molecule has 0 radical (unpaired) electrons. The van der Waals surface area contributed by atoms with Gasteiger partial charge in [-0.05, 0) is 47.1 Å². The Morgan fingerprint density at radius 3 is 2.68 bits per heavy atom. The Kier molecular flexibility index (Phi) is 5.37. The van der Waals surface area contributed by atoms with Crippen molar-refractivity contribution in [1.82, 2.24) is 24.5 Å². The van der Waals surface area contributed by atoms with Crippen molar-refractivity contribution in [1.29, 1.82) is 0 Å². The summed E-state index contributed by atoms with van der Waals surface area (Å²) in [5, 5.41) is 7.38. The number of hydrogen-bond donors (Lipinski definition) is 2. The maximum absolute atomic E-state index is 14.7. The minimum Gasteiger partial charge on any atom is -0.381 e. The number of benzene rings is 2. The molecule has 3 N–H and O–H groups in total. The number of amides is 1. The summed E-state index contributed by atoms with van der Waals surface area (Å²) in [5.41, 5.74) is 6.89. The van der Waals surface area contributed by atoms with Gasteiger partial charge in [-0.3, -0.25) is 14.2 Å². The van der Waals surface area contributed by atoms with Crippen LogP contribution >= 0.6 is 15.9 Å². The zero-order chi connectivity index (χ0) is 24.0. The lowest BCUT2D eigenvalue weighted by Gasteiger charge is -2.23. The molecule has 0 spiro atoms. The first-order valence-electron chi connectivity index (χ1n) is 10.4. The Bertz CT molecular complexity index is 1630. The molecular weight excluding hydrogens is 503 g/mol. The molecule has 0 saturated carbocycles. The molecule has 1 unspecified atom stereocenters. The second-order valence-electron chi connectivity index (χ2n) is 7.68. The topological polar surface area (TPSA) is 107 Å². The summed E-state index contributed by atoms with van der Waals surface area (Å²) >= 11 is 3.56. The molecule has 0 aliphatic carbocycles. The molecule has 0 fully saturated rings. The molecule has 0 saturated heterocycles. The number of carbonyl (C=O) groups is 1. The summed E-state index contributed by atoms with van der Waals surface area (Å²) in [6.07, 6.45) is 3.18. The van der Waals surface area contributed by atoms with Gasteiger partial charge >= 0.3 is 0 Å². The summed E-state index contributed by atoms with van der Waals surface area (Å²) in [6.45, 7) is 1.73. The van der Waals surface area contributed by atoms with Crippen LogP contribution in [0.2, 0.25) is 0 Å². The van der Waals surface area contributed by atoms with Crippen molar-refractivity contribution >= 4 is 44.1 Å². The molecule has 3 aromatic heterocycles. The lowest BCUT2D eigenvalue weighted by atomic mass is 10.1. The quantitative estimate of drug-likeness (QED) is 0.372. The van der Waals surface area contributed by atoms with Crippen molar-refractivity contribution in [3.63, 3.8) is 0 Å². The lowest BCUT2D eigenvalue weighted by Crippen LogP contribution is -2.33.